The largest absolute Gasteiger partial charge is 0.363 e. The Morgan fingerprint density at radius 2 is 2.00 bits per heavy atom. The van der Waals surface area contributed by atoms with E-state index in [2.05, 4.69) is 45.7 Å². The number of benzene rings is 1. The predicted molar refractivity (Wildman–Crippen MR) is 130 cm³/mol. The molecule has 0 aliphatic rings. The number of anilines is 1. The van der Waals surface area contributed by atoms with Gasteiger partial charge in [-0.1, -0.05) is 18.2 Å². The molecule has 0 saturated heterocycles. The van der Waals surface area contributed by atoms with Crippen molar-refractivity contribution in [2.75, 3.05) is 32.6 Å². The van der Waals surface area contributed by atoms with E-state index in [1.54, 1.807) is 18.4 Å². The van der Waals surface area contributed by atoms with Crippen molar-refractivity contribution in [2.45, 2.75) is 19.9 Å². The number of fused-ring (bicyclic) bond motifs is 1. The van der Waals surface area contributed by atoms with Gasteiger partial charge in [-0.3, -0.25) is 4.99 Å². The highest BCUT2D eigenvalue weighted by molar-refractivity contribution is 14.0. The third-order valence-corrected chi connectivity index (χ3v) is 5.19. The van der Waals surface area contributed by atoms with Gasteiger partial charge in [0.05, 0.1) is 10.5 Å². The first-order valence-electron chi connectivity index (χ1n) is 8.98. The molecule has 28 heavy (non-hydrogen) atoms. The molecule has 2 heterocycles. The minimum atomic E-state index is 0. The van der Waals surface area contributed by atoms with Gasteiger partial charge in [0.15, 0.2) is 5.96 Å². The van der Waals surface area contributed by atoms with Gasteiger partial charge >= 0.3 is 0 Å². The van der Waals surface area contributed by atoms with Crippen molar-refractivity contribution in [1.82, 2.24) is 20.6 Å². The van der Waals surface area contributed by atoms with E-state index in [4.69, 9.17) is 4.98 Å². The van der Waals surface area contributed by atoms with E-state index in [-0.39, 0.29) is 24.0 Å². The lowest BCUT2D eigenvalue weighted by Crippen LogP contribution is -2.37. The van der Waals surface area contributed by atoms with Crippen LogP contribution in [0, 0.1) is 6.92 Å². The van der Waals surface area contributed by atoms with Gasteiger partial charge in [-0.2, -0.15) is 0 Å². The maximum absolute atomic E-state index is 4.71. The normalized spacial score (nSPS) is 11.2. The molecule has 0 aliphatic carbocycles. The zero-order valence-corrected chi connectivity index (χ0v) is 19.8. The van der Waals surface area contributed by atoms with Crippen LogP contribution in [0.2, 0.25) is 0 Å². The third-order valence-electron chi connectivity index (χ3n) is 4.22. The summed E-state index contributed by atoms with van der Waals surface area (Å²) >= 11 is 1.74. The summed E-state index contributed by atoms with van der Waals surface area (Å²) < 4.78 is 0. The first-order valence-corrected chi connectivity index (χ1v) is 9.80. The molecule has 6 nitrogen and oxygen atoms in total. The summed E-state index contributed by atoms with van der Waals surface area (Å²) in [5.41, 5.74) is 2.20. The second kappa shape index (κ2) is 10.6. The summed E-state index contributed by atoms with van der Waals surface area (Å²) in [5.74, 6) is 1.74. The summed E-state index contributed by atoms with van der Waals surface area (Å²) in [4.78, 5) is 16.7. The number of aromatic nitrogens is 2. The Kier molecular flexibility index (Phi) is 8.43. The Hall–Kier alpha value is -1.94. The number of halogens is 1. The Morgan fingerprint density at radius 3 is 2.68 bits per heavy atom. The number of rotatable bonds is 6. The van der Waals surface area contributed by atoms with Crippen molar-refractivity contribution in [3.05, 3.63) is 52.0 Å². The van der Waals surface area contributed by atoms with Crippen LogP contribution in [0.4, 0.5) is 5.82 Å². The van der Waals surface area contributed by atoms with Crippen LogP contribution in [-0.2, 0) is 13.0 Å². The molecule has 0 amide bonds. The van der Waals surface area contributed by atoms with Crippen molar-refractivity contribution >= 4 is 58.0 Å². The molecule has 0 saturated carbocycles. The zero-order chi connectivity index (χ0) is 19.2. The summed E-state index contributed by atoms with van der Waals surface area (Å²) in [6, 6.07) is 10.4. The number of nitrogens with zero attached hydrogens (tertiary/aromatic N) is 4. The minimum absolute atomic E-state index is 0. The number of hydrogen-bond donors (Lipinski definition) is 2. The standard InChI is InChI=1S/C20H26N6S.HI/c1-14-12-23-19(27-14)9-10-22-20(21-2)24-13-15-11-18(26(3)4)25-17-8-6-5-7-16(15)17;/h5-8,11-12H,9-10,13H2,1-4H3,(H2,21,22,24);1H. The van der Waals surface area contributed by atoms with Gasteiger partial charge in [0, 0.05) is 57.1 Å². The van der Waals surface area contributed by atoms with Crippen LogP contribution in [0.3, 0.4) is 0 Å². The molecule has 0 radical (unpaired) electrons. The quantitative estimate of drug-likeness (QED) is 0.302. The second-order valence-corrected chi connectivity index (χ2v) is 7.84. The van der Waals surface area contributed by atoms with Gasteiger partial charge in [0.1, 0.15) is 5.82 Å². The number of aliphatic imine (C=N–C) groups is 1. The lowest BCUT2D eigenvalue weighted by atomic mass is 10.1. The molecule has 0 spiro atoms. The molecule has 0 bridgehead atoms. The fraction of sp³-hybridized carbons (Fsp3) is 0.350. The van der Waals surface area contributed by atoms with Crippen LogP contribution in [0.1, 0.15) is 15.4 Å². The van der Waals surface area contributed by atoms with E-state index < -0.39 is 0 Å². The van der Waals surface area contributed by atoms with Crippen molar-refractivity contribution < 1.29 is 0 Å². The zero-order valence-electron chi connectivity index (χ0n) is 16.7. The van der Waals surface area contributed by atoms with Crippen molar-refractivity contribution in [3.8, 4) is 0 Å². The van der Waals surface area contributed by atoms with Gasteiger partial charge in [0.25, 0.3) is 0 Å². The van der Waals surface area contributed by atoms with Crippen molar-refractivity contribution in [2.24, 2.45) is 4.99 Å². The Bertz CT molecular complexity index is 937. The maximum atomic E-state index is 4.71. The first-order chi connectivity index (χ1) is 13.1. The number of aryl methyl sites for hydroxylation is 1. The molecule has 0 unspecified atom stereocenters. The molecule has 0 atom stereocenters. The Balaban J connectivity index is 0.00000280. The molecule has 8 heteroatoms. The second-order valence-electron chi connectivity index (χ2n) is 6.52. The molecular formula is C20H27IN6S. The highest BCUT2D eigenvalue weighted by Crippen LogP contribution is 2.22. The Morgan fingerprint density at radius 1 is 1.21 bits per heavy atom. The topological polar surface area (TPSA) is 65.4 Å². The fourth-order valence-electron chi connectivity index (χ4n) is 2.81. The van der Waals surface area contributed by atoms with Crippen LogP contribution in [0.15, 0.2) is 41.5 Å². The monoisotopic (exact) mass is 510 g/mol. The van der Waals surface area contributed by atoms with Gasteiger partial charge in [-0.15, -0.1) is 35.3 Å². The van der Waals surface area contributed by atoms with Crippen LogP contribution in [0.25, 0.3) is 10.9 Å². The number of nitrogens with one attached hydrogen (secondary N) is 2. The number of thiazole rings is 1. The smallest absolute Gasteiger partial charge is 0.191 e. The highest BCUT2D eigenvalue weighted by Gasteiger charge is 2.08. The average Bonchev–Trinajstić information content (AvgIpc) is 3.09. The predicted octanol–water partition coefficient (Wildman–Crippen LogP) is 3.59. The third kappa shape index (κ3) is 5.78. The van der Waals surface area contributed by atoms with E-state index in [1.165, 1.54) is 10.4 Å². The van der Waals surface area contributed by atoms with E-state index >= 15 is 0 Å². The van der Waals surface area contributed by atoms with Crippen LogP contribution in [-0.4, -0.2) is 43.6 Å². The van der Waals surface area contributed by atoms with Crippen LogP contribution >= 0.6 is 35.3 Å². The van der Waals surface area contributed by atoms with E-state index in [0.717, 1.165) is 40.7 Å². The molecule has 3 aromatic rings. The summed E-state index contributed by atoms with van der Waals surface area (Å²) in [5, 5.41) is 9.07. The Labute approximate surface area is 187 Å². The van der Waals surface area contributed by atoms with Crippen molar-refractivity contribution in [3.63, 3.8) is 0 Å². The number of para-hydroxylation sites is 1. The van der Waals surface area contributed by atoms with Gasteiger partial charge in [0.2, 0.25) is 0 Å². The van der Waals surface area contributed by atoms with Crippen LogP contribution in [0.5, 0.6) is 0 Å². The van der Waals surface area contributed by atoms with Gasteiger partial charge in [-0.25, -0.2) is 9.97 Å². The average molecular weight is 510 g/mol. The maximum Gasteiger partial charge on any atom is 0.191 e. The molecule has 2 aromatic heterocycles. The highest BCUT2D eigenvalue weighted by atomic mass is 127. The summed E-state index contributed by atoms with van der Waals surface area (Å²) in [6.45, 7) is 3.56. The number of pyridine rings is 1. The van der Waals surface area contributed by atoms with E-state index in [9.17, 15) is 0 Å². The lowest BCUT2D eigenvalue weighted by molar-refractivity contribution is 0.793. The lowest BCUT2D eigenvalue weighted by Gasteiger charge is -2.16. The first kappa shape index (κ1) is 22.4. The van der Waals surface area contributed by atoms with Gasteiger partial charge < -0.3 is 15.5 Å². The van der Waals surface area contributed by atoms with E-state index in [1.807, 2.05) is 37.3 Å². The number of hydrogen-bond acceptors (Lipinski definition) is 5. The number of guanidine groups is 1. The summed E-state index contributed by atoms with van der Waals surface area (Å²) in [6.07, 6.45) is 2.81. The fourth-order valence-corrected chi connectivity index (χ4v) is 3.60. The molecule has 1 aromatic carbocycles. The van der Waals surface area contributed by atoms with Gasteiger partial charge in [-0.05, 0) is 24.6 Å². The van der Waals surface area contributed by atoms with E-state index in [0.29, 0.717) is 6.54 Å². The van der Waals surface area contributed by atoms with Crippen LogP contribution < -0.4 is 15.5 Å². The molecule has 150 valence electrons. The minimum Gasteiger partial charge on any atom is -0.363 e. The molecule has 3 rings (SSSR count). The SMILES string of the molecule is CN=C(NCCc1ncc(C)s1)NCc1cc(N(C)C)nc2ccccc12.I. The van der Waals surface area contributed by atoms with Crippen molar-refractivity contribution in [1.29, 1.82) is 0 Å². The molecule has 0 aliphatic heterocycles. The molecule has 0 fully saturated rings. The molecular weight excluding hydrogens is 483 g/mol. The summed E-state index contributed by atoms with van der Waals surface area (Å²) in [7, 11) is 5.81. The molecule has 2 N–H and O–H groups in total.